The van der Waals surface area contributed by atoms with Crippen LogP contribution in [0.2, 0.25) is 0 Å². The summed E-state index contributed by atoms with van der Waals surface area (Å²) in [7, 11) is 1.62. The number of nitrogens with zero attached hydrogens (tertiary/aromatic N) is 2. The van der Waals surface area contributed by atoms with Gasteiger partial charge < -0.3 is 20.9 Å². The van der Waals surface area contributed by atoms with Gasteiger partial charge in [0.05, 0.1) is 13.3 Å². The molecule has 0 bridgehead atoms. The molecule has 7 heteroatoms. The zero-order chi connectivity index (χ0) is 16.7. The summed E-state index contributed by atoms with van der Waals surface area (Å²) in [5.74, 6) is 1.42. The van der Waals surface area contributed by atoms with E-state index in [0.29, 0.717) is 6.61 Å². The van der Waals surface area contributed by atoms with Crippen molar-refractivity contribution in [3.05, 3.63) is 58.1 Å². The minimum absolute atomic E-state index is 0.0893. The SMILES string of the molecule is COc1ccc(C=NN=C(N)N)cc1COc1ccc(Br)cc1. The first-order valence-corrected chi connectivity index (χ1v) is 7.55. The Morgan fingerprint density at radius 2 is 1.91 bits per heavy atom. The normalized spacial score (nSPS) is 10.5. The average Bonchev–Trinajstić information content (AvgIpc) is 2.54. The number of rotatable bonds is 6. The van der Waals surface area contributed by atoms with Crippen molar-refractivity contribution in [3.63, 3.8) is 0 Å². The Bertz CT molecular complexity index is 711. The van der Waals surface area contributed by atoms with Crippen LogP contribution >= 0.6 is 15.9 Å². The van der Waals surface area contributed by atoms with E-state index in [1.54, 1.807) is 13.3 Å². The predicted molar refractivity (Wildman–Crippen MR) is 94.9 cm³/mol. The molecule has 0 unspecified atom stereocenters. The molecule has 2 aromatic carbocycles. The highest BCUT2D eigenvalue weighted by Gasteiger charge is 2.05. The third-order valence-corrected chi connectivity index (χ3v) is 3.42. The fraction of sp³-hybridized carbons (Fsp3) is 0.125. The Hall–Kier alpha value is -2.54. The van der Waals surface area contributed by atoms with Gasteiger partial charge in [-0.15, -0.1) is 5.10 Å². The quantitative estimate of drug-likeness (QED) is 0.460. The van der Waals surface area contributed by atoms with Crippen LogP contribution in [0, 0.1) is 0 Å². The number of guanidine groups is 1. The number of benzene rings is 2. The summed E-state index contributed by atoms with van der Waals surface area (Å²) < 4.78 is 12.1. The first kappa shape index (κ1) is 16.8. The van der Waals surface area contributed by atoms with Gasteiger partial charge in [0, 0.05) is 10.0 Å². The first-order valence-electron chi connectivity index (χ1n) is 6.75. The minimum atomic E-state index is -0.0893. The highest BCUT2D eigenvalue weighted by Crippen LogP contribution is 2.22. The van der Waals surface area contributed by atoms with E-state index in [1.165, 1.54) is 0 Å². The highest BCUT2D eigenvalue weighted by atomic mass is 79.9. The van der Waals surface area contributed by atoms with E-state index in [4.69, 9.17) is 20.9 Å². The molecule has 0 fully saturated rings. The second-order valence-electron chi connectivity index (χ2n) is 4.58. The summed E-state index contributed by atoms with van der Waals surface area (Å²) >= 11 is 3.39. The van der Waals surface area contributed by atoms with Crippen LogP contribution < -0.4 is 20.9 Å². The van der Waals surface area contributed by atoms with Gasteiger partial charge in [-0.1, -0.05) is 15.9 Å². The lowest BCUT2D eigenvalue weighted by atomic mass is 10.1. The van der Waals surface area contributed by atoms with Gasteiger partial charge in [-0.05, 0) is 48.0 Å². The highest BCUT2D eigenvalue weighted by molar-refractivity contribution is 9.10. The lowest BCUT2D eigenvalue weighted by Crippen LogP contribution is -2.21. The number of nitrogens with two attached hydrogens (primary N) is 2. The van der Waals surface area contributed by atoms with Crippen LogP contribution in [0.1, 0.15) is 11.1 Å². The first-order chi connectivity index (χ1) is 11.1. The molecule has 4 N–H and O–H groups in total. The van der Waals surface area contributed by atoms with E-state index in [0.717, 1.165) is 27.1 Å². The van der Waals surface area contributed by atoms with Crippen LogP contribution in [0.3, 0.4) is 0 Å². The molecule has 6 nitrogen and oxygen atoms in total. The Balaban J connectivity index is 2.13. The van der Waals surface area contributed by atoms with E-state index in [1.807, 2.05) is 42.5 Å². The molecule has 120 valence electrons. The molecule has 0 saturated heterocycles. The van der Waals surface area contributed by atoms with E-state index in [9.17, 15) is 0 Å². The van der Waals surface area contributed by atoms with Gasteiger partial charge in [0.25, 0.3) is 0 Å². The number of hydrogen-bond acceptors (Lipinski definition) is 4. The topological polar surface area (TPSA) is 95.2 Å². The van der Waals surface area contributed by atoms with E-state index < -0.39 is 0 Å². The predicted octanol–water partition coefficient (Wildman–Crippen LogP) is 2.64. The van der Waals surface area contributed by atoms with E-state index in [-0.39, 0.29) is 5.96 Å². The fourth-order valence-electron chi connectivity index (χ4n) is 1.85. The van der Waals surface area contributed by atoms with E-state index in [2.05, 4.69) is 26.1 Å². The maximum Gasteiger partial charge on any atom is 0.211 e. The van der Waals surface area contributed by atoms with Crippen molar-refractivity contribution >= 4 is 28.1 Å². The van der Waals surface area contributed by atoms with Crippen molar-refractivity contribution in [3.8, 4) is 11.5 Å². The maximum atomic E-state index is 5.77. The molecule has 0 atom stereocenters. The zero-order valence-corrected chi connectivity index (χ0v) is 14.2. The Morgan fingerprint density at radius 3 is 2.57 bits per heavy atom. The van der Waals surface area contributed by atoms with Crippen LogP contribution in [0.15, 0.2) is 57.1 Å². The molecular weight excluding hydrogens is 360 g/mol. The van der Waals surface area contributed by atoms with Gasteiger partial charge in [0.1, 0.15) is 18.1 Å². The van der Waals surface area contributed by atoms with Gasteiger partial charge in [0.2, 0.25) is 5.96 Å². The largest absolute Gasteiger partial charge is 0.496 e. The lowest BCUT2D eigenvalue weighted by molar-refractivity contribution is 0.296. The van der Waals surface area contributed by atoms with Crippen molar-refractivity contribution < 1.29 is 9.47 Å². The molecular formula is C16H17BrN4O2. The van der Waals surface area contributed by atoms with Gasteiger partial charge in [-0.2, -0.15) is 5.10 Å². The third-order valence-electron chi connectivity index (χ3n) is 2.89. The van der Waals surface area contributed by atoms with Crippen LogP contribution in [0.5, 0.6) is 11.5 Å². The second kappa shape index (κ2) is 8.19. The summed E-state index contributed by atoms with van der Waals surface area (Å²) in [6.07, 6.45) is 1.56. The molecule has 0 aliphatic heterocycles. The summed E-state index contributed by atoms with van der Waals surface area (Å²) in [5, 5.41) is 7.36. The van der Waals surface area contributed by atoms with Crippen molar-refractivity contribution in [2.24, 2.45) is 21.7 Å². The molecule has 0 saturated carbocycles. The molecule has 23 heavy (non-hydrogen) atoms. The van der Waals surface area contributed by atoms with E-state index >= 15 is 0 Å². The fourth-order valence-corrected chi connectivity index (χ4v) is 2.11. The molecule has 0 aromatic heterocycles. The van der Waals surface area contributed by atoms with Gasteiger partial charge in [0.15, 0.2) is 0 Å². The minimum Gasteiger partial charge on any atom is -0.496 e. The van der Waals surface area contributed by atoms with Crippen molar-refractivity contribution in [2.45, 2.75) is 6.61 Å². The maximum absolute atomic E-state index is 5.77. The van der Waals surface area contributed by atoms with Gasteiger partial charge in [-0.3, -0.25) is 0 Å². The molecule has 0 heterocycles. The Kier molecular flexibility index (Phi) is 5.99. The molecule has 2 aromatic rings. The van der Waals surface area contributed by atoms with Gasteiger partial charge >= 0.3 is 0 Å². The number of ether oxygens (including phenoxy) is 2. The molecule has 0 spiro atoms. The number of hydrogen-bond donors (Lipinski definition) is 2. The standard InChI is InChI=1S/C16H17BrN4O2/c1-22-15-7-2-11(9-20-21-16(18)19)8-12(15)10-23-14-5-3-13(17)4-6-14/h2-9H,10H2,1H3,(H4,18,19,21). The molecule has 2 rings (SSSR count). The number of methoxy groups -OCH3 is 1. The Morgan fingerprint density at radius 1 is 1.17 bits per heavy atom. The lowest BCUT2D eigenvalue weighted by Gasteiger charge is -2.11. The van der Waals surface area contributed by atoms with Crippen LogP contribution in [-0.2, 0) is 6.61 Å². The van der Waals surface area contributed by atoms with Crippen molar-refractivity contribution in [1.29, 1.82) is 0 Å². The third kappa shape index (κ3) is 5.30. The molecule has 0 amide bonds. The van der Waals surface area contributed by atoms with Crippen molar-refractivity contribution in [2.75, 3.05) is 7.11 Å². The monoisotopic (exact) mass is 376 g/mol. The summed E-state index contributed by atoms with van der Waals surface area (Å²) in [5.41, 5.74) is 12.2. The molecule has 0 aliphatic rings. The summed E-state index contributed by atoms with van der Waals surface area (Å²) in [6, 6.07) is 13.2. The zero-order valence-electron chi connectivity index (χ0n) is 12.6. The smallest absolute Gasteiger partial charge is 0.211 e. The summed E-state index contributed by atoms with van der Waals surface area (Å²) in [6.45, 7) is 0.370. The number of halogens is 1. The summed E-state index contributed by atoms with van der Waals surface area (Å²) in [4.78, 5) is 0. The van der Waals surface area contributed by atoms with Crippen molar-refractivity contribution in [1.82, 2.24) is 0 Å². The van der Waals surface area contributed by atoms with Crippen LogP contribution in [0.4, 0.5) is 0 Å². The second-order valence-corrected chi connectivity index (χ2v) is 5.50. The average molecular weight is 377 g/mol. The Labute approximate surface area is 142 Å². The van der Waals surface area contributed by atoms with Crippen LogP contribution in [-0.4, -0.2) is 19.3 Å². The van der Waals surface area contributed by atoms with Crippen LogP contribution in [0.25, 0.3) is 0 Å². The molecule has 0 radical (unpaired) electrons. The van der Waals surface area contributed by atoms with Gasteiger partial charge in [-0.25, -0.2) is 0 Å². The molecule has 0 aliphatic carbocycles.